The van der Waals surface area contributed by atoms with E-state index in [4.69, 9.17) is 4.74 Å². The van der Waals surface area contributed by atoms with Gasteiger partial charge in [-0.1, -0.05) is 12.1 Å². The van der Waals surface area contributed by atoms with Crippen LogP contribution in [0.5, 0.6) is 5.75 Å². The molecule has 0 saturated heterocycles. The number of para-hydroxylation sites is 2. The van der Waals surface area contributed by atoms with Gasteiger partial charge in [-0.2, -0.15) is 0 Å². The highest BCUT2D eigenvalue weighted by Gasteiger charge is 2.19. The number of carboxylic acid groups (broad SMARTS) is 1. The smallest absolute Gasteiger partial charge is 0.335 e. The summed E-state index contributed by atoms with van der Waals surface area (Å²) in [4.78, 5) is 17.7. The Kier molecular flexibility index (Phi) is 3.48. The molecule has 1 N–H and O–H groups in total. The summed E-state index contributed by atoms with van der Waals surface area (Å²) in [6, 6.07) is 10.9. The number of fused-ring (bicyclic) bond motifs is 1. The van der Waals surface area contributed by atoms with E-state index in [-0.39, 0.29) is 5.56 Å². The average Bonchev–Trinajstić information content (AvgIpc) is 2.69. The Hall–Kier alpha value is -2.56. The molecule has 0 atom stereocenters. The van der Waals surface area contributed by atoms with Crippen molar-refractivity contribution in [2.24, 2.45) is 0 Å². The number of aryl methyl sites for hydroxylation is 1. The van der Waals surface area contributed by atoms with Crippen molar-refractivity contribution in [1.82, 2.24) is 4.98 Å². The highest BCUT2D eigenvalue weighted by atomic mass is 16.5. The number of carbonyl (C=O) groups is 1. The zero-order chi connectivity index (χ0) is 14.8. The maximum atomic E-state index is 11.2. The molecule has 1 aliphatic heterocycles. The van der Waals surface area contributed by atoms with E-state index < -0.39 is 5.97 Å². The van der Waals surface area contributed by atoms with Gasteiger partial charge in [-0.25, -0.2) is 9.78 Å². The van der Waals surface area contributed by atoms with E-state index in [9.17, 15) is 9.90 Å². The molecule has 5 heteroatoms. The third-order valence-electron chi connectivity index (χ3n) is 3.40. The molecule has 0 amide bonds. The number of hydrogen-bond donors (Lipinski definition) is 1. The van der Waals surface area contributed by atoms with Crippen LogP contribution in [0.1, 0.15) is 22.5 Å². The topological polar surface area (TPSA) is 62.7 Å². The van der Waals surface area contributed by atoms with Crippen LogP contribution in [0.15, 0.2) is 36.4 Å². The molecule has 1 aliphatic rings. The second-order valence-corrected chi connectivity index (χ2v) is 4.98. The first-order chi connectivity index (χ1) is 10.1. The van der Waals surface area contributed by atoms with Gasteiger partial charge in [0.25, 0.3) is 0 Å². The van der Waals surface area contributed by atoms with E-state index in [0.29, 0.717) is 18.1 Å². The minimum absolute atomic E-state index is 0.250. The Morgan fingerprint density at radius 2 is 2.14 bits per heavy atom. The van der Waals surface area contributed by atoms with Crippen LogP contribution in [0.2, 0.25) is 0 Å². The fourth-order valence-corrected chi connectivity index (χ4v) is 2.48. The maximum absolute atomic E-state index is 11.2. The van der Waals surface area contributed by atoms with Crippen molar-refractivity contribution in [3.8, 4) is 5.75 Å². The van der Waals surface area contributed by atoms with Crippen molar-refractivity contribution >= 4 is 17.5 Å². The van der Waals surface area contributed by atoms with Crippen molar-refractivity contribution in [2.45, 2.75) is 13.3 Å². The lowest BCUT2D eigenvalue weighted by atomic mass is 10.2. The number of benzene rings is 1. The first kappa shape index (κ1) is 13.4. The van der Waals surface area contributed by atoms with Crippen molar-refractivity contribution < 1.29 is 14.6 Å². The van der Waals surface area contributed by atoms with Crippen LogP contribution in [0.25, 0.3) is 0 Å². The molecule has 0 bridgehead atoms. The molecule has 0 radical (unpaired) electrons. The monoisotopic (exact) mass is 284 g/mol. The van der Waals surface area contributed by atoms with Gasteiger partial charge in [0, 0.05) is 12.2 Å². The Morgan fingerprint density at radius 1 is 1.33 bits per heavy atom. The van der Waals surface area contributed by atoms with Crippen LogP contribution in [0.3, 0.4) is 0 Å². The summed E-state index contributed by atoms with van der Waals surface area (Å²) >= 11 is 0. The minimum Gasteiger partial charge on any atom is -0.491 e. The molecule has 1 aromatic carbocycles. The quantitative estimate of drug-likeness (QED) is 0.918. The van der Waals surface area contributed by atoms with E-state index in [0.717, 1.165) is 24.4 Å². The van der Waals surface area contributed by atoms with Gasteiger partial charge in [0.05, 0.1) is 17.9 Å². The number of ether oxygens (including phenoxy) is 1. The molecule has 2 heterocycles. The predicted octanol–water partition coefficient (Wildman–Crippen LogP) is 3.01. The van der Waals surface area contributed by atoms with Gasteiger partial charge in [0.1, 0.15) is 11.6 Å². The van der Waals surface area contributed by atoms with Crippen LogP contribution in [0.4, 0.5) is 11.5 Å². The molecule has 1 aromatic heterocycles. The fraction of sp³-hybridized carbons (Fsp3) is 0.250. The third-order valence-corrected chi connectivity index (χ3v) is 3.40. The summed E-state index contributed by atoms with van der Waals surface area (Å²) in [6.45, 7) is 3.19. The average molecular weight is 284 g/mol. The highest BCUT2D eigenvalue weighted by Crippen LogP contribution is 2.35. The van der Waals surface area contributed by atoms with E-state index in [1.54, 1.807) is 19.1 Å². The summed E-state index contributed by atoms with van der Waals surface area (Å²) in [5.41, 5.74) is 1.86. The molecule has 0 spiro atoms. The lowest BCUT2D eigenvalue weighted by Gasteiger charge is -2.23. The predicted molar refractivity (Wildman–Crippen MR) is 79.5 cm³/mol. The van der Waals surface area contributed by atoms with Crippen molar-refractivity contribution in [2.75, 3.05) is 18.1 Å². The molecular weight excluding hydrogens is 268 g/mol. The van der Waals surface area contributed by atoms with Gasteiger partial charge in [-0.3, -0.25) is 0 Å². The second-order valence-electron chi connectivity index (χ2n) is 4.98. The molecule has 21 heavy (non-hydrogen) atoms. The van der Waals surface area contributed by atoms with Crippen LogP contribution in [0, 0.1) is 6.92 Å². The van der Waals surface area contributed by atoms with Crippen molar-refractivity contribution in [3.63, 3.8) is 0 Å². The van der Waals surface area contributed by atoms with Crippen LogP contribution in [-0.4, -0.2) is 29.2 Å². The first-order valence-electron chi connectivity index (χ1n) is 6.86. The number of nitrogens with zero attached hydrogens (tertiary/aromatic N) is 2. The first-order valence-corrected chi connectivity index (χ1v) is 6.86. The lowest BCUT2D eigenvalue weighted by Crippen LogP contribution is -2.19. The molecule has 108 valence electrons. The third kappa shape index (κ3) is 2.67. The van der Waals surface area contributed by atoms with E-state index in [1.807, 2.05) is 29.2 Å². The summed E-state index contributed by atoms with van der Waals surface area (Å²) < 4.78 is 5.72. The number of anilines is 2. The van der Waals surface area contributed by atoms with Crippen molar-refractivity contribution in [3.05, 3.63) is 47.7 Å². The zero-order valence-electron chi connectivity index (χ0n) is 11.7. The summed E-state index contributed by atoms with van der Waals surface area (Å²) in [5.74, 6) is 0.502. The second kappa shape index (κ2) is 5.44. The Bertz CT molecular complexity index is 685. The lowest BCUT2D eigenvalue weighted by molar-refractivity contribution is 0.0696. The fourth-order valence-electron chi connectivity index (χ4n) is 2.48. The number of rotatable bonds is 2. The zero-order valence-corrected chi connectivity index (χ0v) is 11.7. The molecule has 2 aromatic rings. The number of pyridine rings is 1. The van der Waals surface area contributed by atoms with E-state index >= 15 is 0 Å². The molecule has 5 nitrogen and oxygen atoms in total. The van der Waals surface area contributed by atoms with Gasteiger partial charge < -0.3 is 14.7 Å². The van der Waals surface area contributed by atoms with Gasteiger partial charge in [0.15, 0.2) is 0 Å². The summed E-state index contributed by atoms with van der Waals surface area (Å²) in [6.07, 6.45) is 0.854. The number of aromatic carboxylic acids is 1. The molecule has 3 rings (SSSR count). The molecule has 0 fully saturated rings. The molecule has 0 saturated carbocycles. The van der Waals surface area contributed by atoms with Crippen LogP contribution >= 0.6 is 0 Å². The standard InChI is InChI=1S/C16H16N2O3/c1-11-9-12(16(19)20)10-15(17-11)18-7-4-8-21-14-6-3-2-5-13(14)18/h2-3,5-6,9-10H,4,7-8H2,1H3,(H,19,20). The van der Waals surface area contributed by atoms with Gasteiger partial charge in [-0.15, -0.1) is 0 Å². The van der Waals surface area contributed by atoms with E-state index in [2.05, 4.69) is 4.98 Å². The molecule has 0 unspecified atom stereocenters. The van der Waals surface area contributed by atoms with Crippen molar-refractivity contribution in [1.29, 1.82) is 0 Å². The van der Waals surface area contributed by atoms with Crippen LogP contribution < -0.4 is 9.64 Å². The van der Waals surface area contributed by atoms with Gasteiger partial charge in [0.2, 0.25) is 0 Å². The normalized spacial score (nSPS) is 14.0. The Labute approximate surface area is 122 Å². The Morgan fingerprint density at radius 3 is 2.95 bits per heavy atom. The van der Waals surface area contributed by atoms with Gasteiger partial charge in [-0.05, 0) is 37.6 Å². The number of aromatic nitrogens is 1. The van der Waals surface area contributed by atoms with Crippen LogP contribution in [-0.2, 0) is 0 Å². The van der Waals surface area contributed by atoms with E-state index in [1.165, 1.54) is 0 Å². The highest BCUT2D eigenvalue weighted by molar-refractivity contribution is 5.89. The summed E-state index contributed by atoms with van der Waals surface area (Å²) in [5, 5.41) is 9.21. The summed E-state index contributed by atoms with van der Waals surface area (Å²) in [7, 11) is 0. The molecule has 0 aliphatic carbocycles. The van der Waals surface area contributed by atoms with Gasteiger partial charge >= 0.3 is 5.97 Å². The largest absolute Gasteiger partial charge is 0.491 e. The SMILES string of the molecule is Cc1cc(C(=O)O)cc(N2CCCOc3ccccc32)n1. The number of carboxylic acids is 1. The molecular formula is C16H16N2O3. The maximum Gasteiger partial charge on any atom is 0.335 e. The Balaban J connectivity index is 2.09. The number of hydrogen-bond acceptors (Lipinski definition) is 4. The minimum atomic E-state index is -0.943.